The number of anilines is 1. The molecule has 0 unspecified atom stereocenters. The molecule has 0 saturated heterocycles. The number of methoxy groups -OCH3 is 2. The fourth-order valence-electron chi connectivity index (χ4n) is 3.51. The Hall–Kier alpha value is -3.72. The summed E-state index contributed by atoms with van der Waals surface area (Å²) in [7, 11) is 3.12. The van der Waals surface area contributed by atoms with E-state index in [1.165, 1.54) is 16.9 Å². The van der Waals surface area contributed by atoms with Crippen LogP contribution in [0, 0.1) is 6.92 Å². The maximum Gasteiger partial charge on any atom is 0.294 e. The molecule has 0 fully saturated rings. The highest BCUT2D eigenvalue weighted by molar-refractivity contribution is 7.19. The monoisotopic (exact) mass is 464 g/mol. The third kappa shape index (κ3) is 4.58. The van der Waals surface area contributed by atoms with E-state index in [0.29, 0.717) is 27.6 Å². The molecule has 0 aliphatic rings. The molecule has 0 aliphatic heterocycles. The number of aromatic nitrogens is 3. The number of amides is 1. The Bertz CT molecular complexity index is 1380. The lowest BCUT2D eigenvalue weighted by Crippen LogP contribution is -2.30. The Labute approximate surface area is 194 Å². The molecule has 9 heteroatoms. The smallest absolute Gasteiger partial charge is 0.294 e. The molecule has 0 aliphatic carbocycles. The van der Waals surface area contributed by atoms with Gasteiger partial charge in [-0.1, -0.05) is 19.1 Å². The topological polar surface area (TPSA) is 95.3 Å². The Balaban J connectivity index is 1.72. The summed E-state index contributed by atoms with van der Waals surface area (Å²) in [5.41, 5.74) is 3.00. The third-order valence-electron chi connectivity index (χ3n) is 5.20. The summed E-state index contributed by atoms with van der Waals surface area (Å²) >= 11 is 1.39. The van der Waals surface area contributed by atoms with Gasteiger partial charge in [0, 0.05) is 11.3 Å². The van der Waals surface area contributed by atoms with E-state index in [-0.39, 0.29) is 18.0 Å². The Kier molecular flexibility index (Phi) is 6.41. The van der Waals surface area contributed by atoms with E-state index in [1.807, 2.05) is 37.3 Å². The average Bonchev–Trinajstić information content (AvgIpc) is 3.22. The molecular weight excluding hydrogens is 440 g/mol. The maximum absolute atomic E-state index is 13.0. The van der Waals surface area contributed by atoms with Crippen molar-refractivity contribution in [1.29, 1.82) is 0 Å². The summed E-state index contributed by atoms with van der Waals surface area (Å²) in [6.45, 7) is 3.67. The van der Waals surface area contributed by atoms with Gasteiger partial charge in [0.15, 0.2) is 17.0 Å². The van der Waals surface area contributed by atoms with Crippen molar-refractivity contribution < 1.29 is 14.3 Å². The average molecular weight is 465 g/mol. The number of nitrogens with one attached hydrogen (secondary N) is 1. The number of benzene rings is 2. The largest absolute Gasteiger partial charge is 0.493 e. The van der Waals surface area contributed by atoms with Gasteiger partial charge in [-0.3, -0.25) is 9.59 Å². The zero-order chi connectivity index (χ0) is 23.5. The maximum atomic E-state index is 13.0. The lowest BCUT2D eigenvalue weighted by Gasteiger charge is -2.12. The zero-order valence-corrected chi connectivity index (χ0v) is 19.7. The molecule has 0 bridgehead atoms. The first-order valence-corrected chi connectivity index (χ1v) is 11.2. The van der Waals surface area contributed by atoms with Crippen LogP contribution in [0.3, 0.4) is 0 Å². The van der Waals surface area contributed by atoms with E-state index >= 15 is 0 Å². The number of nitrogens with zero attached hydrogens (tertiary/aromatic N) is 3. The van der Waals surface area contributed by atoms with Crippen molar-refractivity contribution in [2.24, 2.45) is 0 Å². The van der Waals surface area contributed by atoms with Crippen LogP contribution in [0.5, 0.6) is 11.5 Å². The Morgan fingerprint density at radius 1 is 1.09 bits per heavy atom. The molecule has 1 N–H and O–H groups in total. The quantitative estimate of drug-likeness (QED) is 0.443. The Morgan fingerprint density at radius 3 is 2.48 bits per heavy atom. The van der Waals surface area contributed by atoms with Crippen LogP contribution in [0.1, 0.15) is 17.5 Å². The van der Waals surface area contributed by atoms with Crippen molar-refractivity contribution in [2.45, 2.75) is 26.8 Å². The van der Waals surface area contributed by atoms with Crippen LogP contribution in [0.25, 0.3) is 21.5 Å². The van der Waals surface area contributed by atoms with Gasteiger partial charge >= 0.3 is 0 Å². The summed E-state index contributed by atoms with van der Waals surface area (Å²) < 4.78 is 12.6. The fraction of sp³-hybridized carbons (Fsp3) is 0.250. The number of fused-ring (bicyclic) bond motifs is 1. The van der Waals surface area contributed by atoms with Crippen LogP contribution >= 0.6 is 11.3 Å². The van der Waals surface area contributed by atoms with Crippen molar-refractivity contribution in [2.75, 3.05) is 19.5 Å². The van der Waals surface area contributed by atoms with Crippen LogP contribution < -0.4 is 20.3 Å². The minimum absolute atomic E-state index is 0.235. The molecule has 8 nitrogen and oxygen atoms in total. The normalized spacial score (nSPS) is 10.9. The minimum Gasteiger partial charge on any atom is -0.493 e. The van der Waals surface area contributed by atoms with Crippen LogP contribution in [-0.2, 0) is 17.8 Å². The number of hydrogen-bond donors (Lipinski definition) is 1. The van der Waals surface area contributed by atoms with Gasteiger partial charge in [-0.15, -0.1) is 11.3 Å². The molecule has 2 heterocycles. The number of thiazole rings is 1. The first-order valence-electron chi connectivity index (χ1n) is 10.4. The van der Waals surface area contributed by atoms with E-state index in [1.54, 1.807) is 26.4 Å². The molecule has 170 valence electrons. The van der Waals surface area contributed by atoms with Crippen LogP contribution in [0.2, 0.25) is 0 Å². The van der Waals surface area contributed by atoms with Gasteiger partial charge in [0.05, 0.1) is 23.9 Å². The van der Waals surface area contributed by atoms with Crippen LogP contribution in [0.15, 0.2) is 47.3 Å². The molecule has 33 heavy (non-hydrogen) atoms. The highest BCUT2D eigenvalue weighted by Crippen LogP contribution is 2.35. The minimum atomic E-state index is -0.407. The van der Waals surface area contributed by atoms with Crippen molar-refractivity contribution in [3.8, 4) is 22.8 Å². The van der Waals surface area contributed by atoms with Gasteiger partial charge < -0.3 is 14.8 Å². The van der Waals surface area contributed by atoms with Gasteiger partial charge in [-0.2, -0.15) is 5.10 Å². The predicted octanol–water partition coefficient (Wildman–Crippen LogP) is 4.05. The summed E-state index contributed by atoms with van der Waals surface area (Å²) in [5, 5.41) is 8.10. The lowest BCUT2D eigenvalue weighted by molar-refractivity contribution is -0.117. The standard InChI is InChI=1S/C24H24N4O4S/c1-5-15-6-9-17(10-7-15)26-20(29)13-28-24(30)22-23(33-14(2)25-22)21(27-28)16-8-11-18(31-3)19(12-16)32-4/h6-12H,5,13H2,1-4H3,(H,26,29). The van der Waals surface area contributed by atoms with Crippen molar-refractivity contribution in [3.63, 3.8) is 0 Å². The summed E-state index contributed by atoms with van der Waals surface area (Å²) in [6, 6.07) is 13.0. The molecule has 1 amide bonds. The van der Waals surface area contributed by atoms with Gasteiger partial charge in [-0.25, -0.2) is 9.67 Å². The molecule has 0 saturated carbocycles. The summed E-state index contributed by atoms with van der Waals surface area (Å²) in [6.07, 6.45) is 0.916. The number of ether oxygens (including phenoxy) is 2. The first-order chi connectivity index (χ1) is 15.9. The second kappa shape index (κ2) is 9.41. The first kappa shape index (κ1) is 22.5. The molecule has 0 atom stereocenters. The van der Waals surface area contributed by atoms with Gasteiger partial charge in [0.1, 0.15) is 12.2 Å². The molecule has 0 radical (unpaired) electrons. The van der Waals surface area contributed by atoms with Gasteiger partial charge in [-0.05, 0) is 49.2 Å². The highest BCUT2D eigenvalue weighted by atomic mass is 32.1. The number of rotatable bonds is 7. The lowest BCUT2D eigenvalue weighted by atomic mass is 10.1. The fourth-order valence-corrected chi connectivity index (χ4v) is 4.42. The molecule has 4 rings (SSSR count). The van der Waals surface area contributed by atoms with Gasteiger partial charge in [0.25, 0.3) is 5.56 Å². The van der Waals surface area contributed by atoms with Crippen LogP contribution in [-0.4, -0.2) is 34.9 Å². The second-order valence-corrected chi connectivity index (χ2v) is 8.59. The van der Waals surface area contributed by atoms with Gasteiger partial charge in [0.2, 0.25) is 5.91 Å². The molecular formula is C24H24N4O4S. The van der Waals surface area contributed by atoms with E-state index in [4.69, 9.17) is 9.47 Å². The molecule has 2 aromatic carbocycles. The highest BCUT2D eigenvalue weighted by Gasteiger charge is 2.19. The summed E-state index contributed by atoms with van der Waals surface area (Å²) in [4.78, 5) is 30.1. The predicted molar refractivity (Wildman–Crippen MR) is 129 cm³/mol. The number of aryl methyl sites for hydroxylation is 2. The van der Waals surface area contributed by atoms with E-state index < -0.39 is 5.56 Å². The Morgan fingerprint density at radius 2 is 1.82 bits per heavy atom. The van der Waals surface area contributed by atoms with E-state index in [2.05, 4.69) is 22.3 Å². The molecule has 2 aromatic heterocycles. The van der Waals surface area contributed by atoms with Crippen molar-refractivity contribution >= 4 is 33.1 Å². The number of hydrogen-bond acceptors (Lipinski definition) is 7. The second-order valence-electron chi connectivity index (χ2n) is 7.39. The SMILES string of the molecule is CCc1ccc(NC(=O)Cn2nc(-c3ccc(OC)c(OC)c3)c3sc(C)nc3c2=O)cc1. The summed E-state index contributed by atoms with van der Waals surface area (Å²) in [5.74, 6) is 0.774. The van der Waals surface area contributed by atoms with Crippen LogP contribution in [0.4, 0.5) is 5.69 Å². The molecule has 0 spiro atoms. The van der Waals surface area contributed by atoms with E-state index in [0.717, 1.165) is 21.7 Å². The zero-order valence-electron chi connectivity index (χ0n) is 18.8. The number of carbonyl (C=O) groups excluding carboxylic acids is 1. The van der Waals surface area contributed by atoms with Crippen molar-refractivity contribution in [1.82, 2.24) is 14.8 Å². The van der Waals surface area contributed by atoms with Crippen molar-refractivity contribution in [3.05, 3.63) is 63.4 Å². The third-order valence-corrected chi connectivity index (χ3v) is 6.18. The molecule has 4 aromatic rings. The van der Waals surface area contributed by atoms with E-state index in [9.17, 15) is 9.59 Å². The number of carbonyl (C=O) groups is 1.